The number of carbonyl (C=O) groups is 2. The van der Waals surface area contributed by atoms with Crippen LogP contribution in [0.5, 0.6) is 0 Å². The minimum absolute atomic E-state index is 0.134. The summed E-state index contributed by atoms with van der Waals surface area (Å²) in [6, 6.07) is 7.14. The van der Waals surface area contributed by atoms with Crippen molar-refractivity contribution in [1.82, 2.24) is 15.5 Å². The molecule has 1 aromatic rings. The van der Waals surface area contributed by atoms with Crippen LogP contribution >= 0.6 is 22.6 Å². The Morgan fingerprint density at radius 1 is 1.11 bits per heavy atom. The molecule has 98 valence electrons. The van der Waals surface area contributed by atoms with Crippen LogP contribution in [0.3, 0.4) is 0 Å². The van der Waals surface area contributed by atoms with E-state index in [-0.39, 0.29) is 11.9 Å². The Morgan fingerprint density at radius 2 is 1.67 bits per heavy atom. The van der Waals surface area contributed by atoms with Gasteiger partial charge in [-0.15, -0.1) is 0 Å². The second-order valence-corrected chi connectivity index (χ2v) is 5.13. The van der Waals surface area contributed by atoms with Gasteiger partial charge in [-0.1, -0.05) is 0 Å². The van der Waals surface area contributed by atoms with E-state index in [1.807, 2.05) is 12.1 Å². The van der Waals surface area contributed by atoms with E-state index in [1.165, 1.54) is 4.90 Å². The Hall–Kier alpha value is -1.31. The topological polar surface area (TPSA) is 61.4 Å². The number of nitrogens with one attached hydrogen (secondary N) is 2. The zero-order valence-corrected chi connectivity index (χ0v) is 12.5. The number of halogens is 1. The first-order chi connectivity index (χ1) is 8.50. The summed E-state index contributed by atoms with van der Waals surface area (Å²) in [5.74, 6) is -0.134. The summed E-state index contributed by atoms with van der Waals surface area (Å²) in [6.45, 7) is 0.817. The second-order valence-electron chi connectivity index (χ2n) is 3.89. The zero-order chi connectivity index (χ0) is 13.5. The molecule has 0 aliphatic heterocycles. The minimum atomic E-state index is -0.168. The molecule has 6 heteroatoms. The quantitative estimate of drug-likeness (QED) is 0.627. The highest BCUT2D eigenvalue weighted by Crippen LogP contribution is 2.06. The first kappa shape index (κ1) is 14.7. The highest BCUT2D eigenvalue weighted by molar-refractivity contribution is 14.1. The number of nitrogens with zero attached hydrogens (tertiary/aromatic N) is 1. The molecule has 0 fully saturated rings. The fourth-order valence-corrected chi connectivity index (χ4v) is 1.57. The summed E-state index contributed by atoms with van der Waals surface area (Å²) in [5, 5.41) is 5.41. The van der Waals surface area contributed by atoms with Gasteiger partial charge in [0.05, 0.1) is 0 Å². The van der Waals surface area contributed by atoms with Crippen molar-refractivity contribution < 1.29 is 9.59 Å². The lowest BCUT2D eigenvalue weighted by molar-refractivity contribution is 0.0953. The average Bonchev–Trinajstić information content (AvgIpc) is 2.34. The molecule has 2 N–H and O–H groups in total. The van der Waals surface area contributed by atoms with Crippen LogP contribution in [0.15, 0.2) is 24.3 Å². The van der Waals surface area contributed by atoms with E-state index in [1.54, 1.807) is 26.2 Å². The minimum Gasteiger partial charge on any atom is -0.350 e. The van der Waals surface area contributed by atoms with Gasteiger partial charge in [-0.3, -0.25) is 4.79 Å². The van der Waals surface area contributed by atoms with E-state index >= 15 is 0 Å². The van der Waals surface area contributed by atoms with Crippen LogP contribution in [0.25, 0.3) is 0 Å². The van der Waals surface area contributed by atoms with Gasteiger partial charge in [0.15, 0.2) is 0 Å². The molecule has 3 amide bonds. The van der Waals surface area contributed by atoms with E-state index in [0.717, 1.165) is 3.57 Å². The van der Waals surface area contributed by atoms with Gasteiger partial charge in [-0.2, -0.15) is 0 Å². The molecule has 0 aliphatic rings. The average molecular weight is 361 g/mol. The lowest BCUT2D eigenvalue weighted by Gasteiger charge is -2.12. The van der Waals surface area contributed by atoms with Crippen LogP contribution in [-0.2, 0) is 0 Å². The lowest BCUT2D eigenvalue weighted by atomic mass is 10.2. The SMILES string of the molecule is CN(C)C(=O)NCCNC(=O)c1ccc(I)cc1. The van der Waals surface area contributed by atoms with Crippen LogP contribution in [0.2, 0.25) is 0 Å². The number of hydrogen-bond acceptors (Lipinski definition) is 2. The summed E-state index contributed by atoms with van der Waals surface area (Å²) in [4.78, 5) is 24.3. The predicted octanol–water partition coefficient (Wildman–Crippen LogP) is 1.29. The summed E-state index contributed by atoms with van der Waals surface area (Å²) in [5.41, 5.74) is 0.620. The molecule has 18 heavy (non-hydrogen) atoms. The van der Waals surface area contributed by atoms with E-state index in [9.17, 15) is 9.59 Å². The Morgan fingerprint density at radius 3 is 2.22 bits per heavy atom. The van der Waals surface area contributed by atoms with Crippen molar-refractivity contribution in [3.8, 4) is 0 Å². The summed E-state index contributed by atoms with van der Waals surface area (Å²) < 4.78 is 1.09. The van der Waals surface area contributed by atoms with Crippen molar-refractivity contribution >= 4 is 34.5 Å². The molecule has 1 rings (SSSR count). The first-order valence-electron chi connectivity index (χ1n) is 5.49. The van der Waals surface area contributed by atoms with Crippen molar-refractivity contribution in [3.05, 3.63) is 33.4 Å². The Kier molecular flexibility index (Phi) is 5.90. The molecule has 0 atom stereocenters. The van der Waals surface area contributed by atoms with Gasteiger partial charge in [-0.05, 0) is 46.9 Å². The van der Waals surface area contributed by atoms with Gasteiger partial charge in [0.2, 0.25) is 0 Å². The summed E-state index contributed by atoms with van der Waals surface area (Å²) in [7, 11) is 3.33. The smallest absolute Gasteiger partial charge is 0.316 e. The maximum atomic E-state index is 11.7. The van der Waals surface area contributed by atoms with Crippen LogP contribution in [0, 0.1) is 3.57 Å². The normalized spacial score (nSPS) is 9.72. The van der Waals surface area contributed by atoms with Gasteiger partial charge in [0.25, 0.3) is 5.91 Å². The molecule has 0 heterocycles. The molecule has 0 saturated heterocycles. The van der Waals surface area contributed by atoms with Crippen LogP contribution < -0.4 is 10.6 Å². The molecule has 0 spiro atoms. The Balaban J connectivity index is 2.29. The molecule has 0 aliphatic carbocycles. The van der Waals surface area contributed by atoms with E-state index in [0.29, 0.717) is 18.7 Å². The summed E-state index contributed by atoms with van der Waals surface area (Å²) in [6.07, 6.45) is 0. The van der Waals surface area contributed by atoms with E-state index in [2.05, 4.69) is 33.2 Å². The number of amides is 3. The second kappa shape index (κ2) is 7.20. The van der Waals surface area contributed by atoms with E-state index < -0.39 is 0 Å². The van der Waals surface area contributed by atoms with Crippen LogP contribution in [-0.4, -0.2) is 44.0 Å². The Labute approximate surface area is 120 Å². The molecular weight excluding hydrogens is 345 g/mol. The number of rotatable bonds is 4. The fourth-order valence-electron chi connectivity index (χ4n) is 1.21. The molecular formula is C12H16IN3O2. The summed E-state index contributed by atoms with van der Waals surface area (Å²) >= 11 is 2.18. The number of benzene rings is 1. The monoisotopic (exact) mass is 361 g/mol. The van der Waals surface area contributed by atoms with Crippen LogP contribution in [0.1, 0.15) is 10.4 Å². The third-order valence-electron chi connectivity index (χ3n) is 2.20. The predicted molar refractivity (Wildman–Crippen MR) is 78.6 cm³/mol. The van der Waals surface area contributed by atoms with E-state index in [4.69, 9.17) is 0 Å². The highest BCUT2D eigenvalue weighted by Gasteiger charge is 2.05. The Bertz CT molecular complexity index is 418. The molecule has 5 nitrogen and oxygen atoms in total. The van der Waals surface area contributed by atoms with Crippen LogP contribution in [0.4, 0.5) is 4.79 Å². The molecule has 0 unspecified atom stereocenters. The zero-order valence-electron chi connectivity index (χ0n) is 10.4. The highest BCUT2D eigenvalue weighted by atomic mass is 127. The van der Waals surface area contributed by atoms with Crippen molar-refractivity contribution in [1.29, 1.82) is 0 Å². The third-order valence-corrected chi connectivity index (χ3v) is 2.92. The third kappa shape index (κ3) is 4.91. The van der Waals surface area contributed by atoms with Gasteiger partial charge in [0.1, 0.15) is 0 Å². The number of hydrogen-bond donors (Lipinski definition) is 2. The molecule has 0 bridgehead atoms. The number of urea groups is 1. The van der Waals surface area contributed by atoms with Gasteiger partial charge >= 0.3 is 6.03 Å². The first-order valence-corrected chi connectivity index (χ1v) is 6.57. The van der Waals surface area contributed by atoms with Gasteiger partial charge in [0, 0.05) is 36.3 Å². The van der Waals surface area contributed by atoms with Crippen molar-refractivity contribution in [2.45, 2.75) is 0 Å². The maximum absolute atomic E-state index is 11.7. The van der Waals surface area contributed by atoms with Crippen molar-refractivity contribution in [2.24, 2.45) is 0 Å². The van der Waals surface area contributed by atoms with Gasteiger partial charge in [-0.25, -0.2) is 4.79 Å². The molecule has 0 aromatic heterocycles. The standard InChI is InChI=1S/C12H16IN3O2/c1-16(2)12(18)15-8-7-14-11(17)9-3-5-10(13)6-4-9/h3-6H,7-8H2,1-2H3,(H,14,17)(H,15,18). The molecule has 0 saturated carbocycles. The maximum Gasteiger partial charge on any atom is 0.316 e. The number of carbonyl (C=O) groups excluding carboxylic acids is 2. The lowest BCUT2D eigenvalue weighted by Crippen LogP contribution is -2.39. The van der Waals surface area contributed by atoms with Crippen molar-refractivity contribution in [2.75, 3.05) is 27.2 Å². The van der Waals surface area contributed by atoms with Gasteiger partial charge < -0.3 is 15.5 Å². The van der Waals surface area contributed by atoms with Crippen molar-refractivity contribution in [3.63, 3.8) is 0 Å². The molecule has 1 aromatic carbocycles. The fraction of sp³-hybridized carbons (Fsp3) is 0.333. The largest absolute Gasteiger partial charge is 0.350 e. The molecule has 0 radical (unpaired) electrons.